The highest BCUT2D eigenvalue weighted by Crippen LogP contribution is 2.25. The molecule has 0 radical (unpaired) electrons. The Labute approximate surface area is 200 Å². The fourth-order valence-corrected chi connectivity index (χ4v) is 3.21. The van der Waals surface area contributed by atoms with Gasteiger partial charge in [-0.15, -0.1) is 0 Å². The van der Waals surface area contributed by atoms with Crippen molar-refractivity contribution in [2.24, 2.45) is 5.10 Å². The van der Waals surface area contributed by atoms with Gasteiger partial charge < -0.3 is 9.47 Å². The number of rotatable bonds is 9. The maximum atomic E-state index is 13.2. The number of carbonyl (C=O) groups is 2. The van der Waals surface area contributed by atoms with E-state index in [1.165, 1.54) is 0 Å². The Hall–Kier alpha value is -4.19. The molecule has 1 unspecified atom stereocenters. The standard InChI is InChI=1S/C28H28N2O4/c1-3-33-27(31)26(25-17-11-6-12-18-25)30(28(32)34-21-24-15-9-5-10-16-24)29-22(2)19-20-23-13-7-4-8-14-23/h4-20,26H,3,21H2,1-2H3/b20-19+,29-22+. The lowest BCUT2D eigenvalue weighted by Crippen LogP contribution is -2.37. The molecule has 0 aliphatic carbocycles. The molecule has 0 fully saturated rings. The van der Waals surface area contributed by atoms with Gasteiger partial charge in [0.1, 0.15) is 6.61 Å². The van der Waals surface area contributed by atoms with Crippen molar-refractivity contribution in [3.8, 4) is 0 Å². The highest BCUT2D eigenvalue weighted by atomic mass is 16.6. The predicted molar refractivity (Wildman–Crippen MR) is 133 cm³/mol. The first-order valence-electron chi connectivity index (χ1n) is 11.1. The number of carbonyl (C=O) groups excluding carboxylic acids is 2. The van der Waals surface area contributed by atoms with Crippen LogP contribution in [0.15, 0.2) is 102 Å². The third-order valence-corrected chi connectivity index (χ3v) is 4.84. The van der Waals surface area contributed by atoms with Crippen molar-refractivity contribution >= 4 is 23.9 Å². The van der Waals surface area contributed by atoms with E-state index in [9.17, 15) is 9.59 Å². The Morgan fingerprint density at radius 3 is 2.09 bits per heavy atom. The average Bonchev–Trinajstić information content (AvgIpc) is 2.87. The minimum atomic E-state index is -1.09. The maximum Gasteiger partial charge on any atom is 0.431 e. The van der Waals surface area contributed by atoms with Crippen molar-refractivity contribution in [1.82, 2.24) is 5.01 Å². The summed E-state index contributed by atoms with van der Waals surface area (Å²) < 4.78 is 10.8. The molecule has 6 heteroatoms. The number of amides is 1. The minimum absolute atomic E-state index is 0.0505. The fourth-order valence-electron chi connectivity index (χ4n) is 3.21. The van der Waals surface area contributed by atoms with E-state index in [0.29, 0.717) is 11.3 Å². The third-order valence-electron chi connectivity index (χ3n) is 4.84. The molecule has 1 amide bonds. The van der Waals surface area contributed by atoms with Crippen LogP contribution in [0.2, 0.25) is 0 Å². The Morgan fingerprint density at radius 1 is 0.882 bits per heavy atom. The van der Waals surface area contributed by atoms with Crippen LogP contribution in [0.5, 0.6) is 0 Å². The van der Waals surface area contributed by atoms with Crippen LogP contribution in [0.4, 0.5) is 4.79 Å². The second-order valence-electron chi connectivity index (χ2n) is 7.44. The monoisotopic (exact) mass is 456 g/mol. The first-order valence-corrected chi connectivity index (χ1v) is 11.1. The number of hydrazone groups is 1. The summed E-state index contributed by atoms with van der Waals surface area (Å²) in [5, 5.41) is 5.53. The van der Waals surface area contributed by atoms with E-state index in [-0.39, 0.29) is 13.2 Å². The number of allylic oxidation sites excluding steroid dienone is 1. The van der Waals surface area contributed by atoms with E-state index in [4.69, 9.17) is 9.47 Å². The largest absolute Gasteiger partial charge is 0.464 e. The second kappa shape index (κ2) is 12.7. The van der Waals surface area contributed by atoms with Crippen LogP contribution in [0, 0.1) is 0 Å². The molecule has 0 heterocycles. The molecule has 3 aromatic carbocycles. The Balaban J connectivity index is 1.93. The van der Waals surface area contributed by atoms with Crippen molar-refractivity contribution in [2.45, 2.75) is 26.5 Å². The van der Waals surface area contributed by atoms with E-state index in [1.807, 2.05) is 72.8 Å². The van der Waals surface area contributed by atoms with Gasteiger partial charge in [-0.25, -0.2) is 9.59 Å². The Kier molecular flexibility index (Phi) is 9.17. The van der Waals surface area contributed by atoms with Gasteiger partial charge in [0.25, 0.3) is 0 Å². The first kappa shape index (κ1) is 24.5. The average molecular weight is 457 g/mol. The van der Waals surface area contributed by atoms with Gasteiger partial charge in [-0.05, 0) is 36.6 Å². The molecule has 6 nitrogen and oxygen atoms in total. The van der Waals surface area contributed by atoms with Gasteiger partial charge in [-0.2, -0.15) is 10.1 Å². The van der Waals surface area contributed by atoms with E-state index in [0.717, 1.165) is 16.1 Å². The molecule has 0 N–H and O–H groups in total. The lowest BCUT2D eigenvalue weighted by atomic mass is 10.1. The van der Waals surface area contributed by atoms with Gasteiger partial charge in [0.2, 0.25) is 0 Å². The molecule has 34 heavy (non-hydrogen) atoms. The van der Waals surface area contributed by atoms with Crippen molar-refractivity contribution < 1.29 is 19.1 Å². The van der Waals surface area contributed by atoms with Crippen LogP contribution in [-0.2, 0) is 20.9 Å². The number of esters is 1. The zero-order chi connectivity index (χ0) is 24.2. The lowest BCUT2D eigenvalue weighted by Gasteiger charge is -2.26. The lowest BCUT2D eigenvalue weighted by molar-refractivity contribution is -0.149. The minimum Gasteiger partial charge on any atom is -0.464 e. The maximum absolute atomic E-state index is 13.2. The smallest absolute Gasteiger partial charge is 0.431 e. The molecule has 3 rings (SSSR count). The molecule has 0 bridgehead atoms. The summed E-state index contributed by atoms with van der Waals surface area (Å²) in [5.41, 5.74) is 2.90. The predicted octanol–water partition coefficient (Wildman–Crippen LogP) is 6.02. The molecule has 0 saturated heterocycles. The van der Waals surface area contributed by atoms with Crippen molar-refractivity contribution in [2.75, 3.05) is 6.61 Å². The molecule has 174 valence electrons. The zero-order valence-electron chi connectivity index (χ0n) is 19.3. The van der Waals surface area contributed by atoms with Gasteiger partial charge in [-0.1, -0.05) is 97.1 Å². The first-order chi connectivity index (χ1) is 16.6. The molecule has 0 aliphatic rings. The summed E-state index contributed by atoms with van der Waals surface area (Å²) in [7, 11) is 0. The van der Waals surface area contributed by atoms with E-state index in [1.54, 1.807) is 44.2 Å². The summed E-state index contributed by atoms with van der Waals surface area (Å²) in [6.45, 7) is 3.69. The van der Waals surface area contributed by atoms with Gasteiger partial charge in [-0.3, -0.25) is 0 Å². The number of hydrogen-bond donors (Lipinski definition) is 0. The molecule has 0 aromatic heterocycles. The molecular weight excluding hydrogens is 428 g/mol. The number of ether oxygens (including phenoxy) is 2. The summed E-state index contributed by atoms with van der Waals surface area (Å²) in [5.74, 6) is -0.589. The van der Waals surface area contributed by atoms with E-state index >= 15 is 0 Å². The fraction of sp³-hybridized carbons (Fsp3) is 0.179. The number of hydrogen-bond acceptors (Lipinski definition) is 5. The molecular formula is C28H28N2O4. The van der Waals surface area contributed by atoms with E-state index < -0.39 is 18.1 Å². The summed E-state index contributed by atoms with van der Waals surface area (Å²) >= 11 is 0. The van der Waals surface area contributed by atoms with Crippen LogP contribution in [0.3, 0.4) is 0 Å². The molecule has 0 aliphatic heterocycles. The quantitative estimate of drug-likeness (QED) is 0.224. The van der Waals surface area contributed by atoms with Gasteiger partial charge in [0.05, 0.1) is 12.3 Å². The van der Waals surface area contributed by atoms with Crippen LogP contribution < -0.4 is 0 Å². The highest BCUT2D eigenvalue weighted by Gasteiger charge is 2.34. The zero-order valence-corrected chi connectivity index (χ0v) is 19.3. The van der Waals surface area contributed by atoms with Gasteiger partial charge in [0.15, 0.2) is 6.04 Å². The molecule has 0 spiro atoms. The third kappa shape index (κ3) is 7.17. The van der Waals surface area contributed by atoms with Crippen LogP contribution in [-0.4, -0.2) is 29.4 Å². The van der Waals surface area contributed by atoms with Crippen LogP contribution in [0.1, 0.15) is 36.6 Å². The van der Waals surface area contributed by atoms with E-state index in [2.05, 4.69) is 5.10 Å². The van der Waals surface area contributed by atoms with Crippen molar-refractivity contribution in [3.63, 3.8) is 0 Å². The molecule has 1 atom stereocenters. The number of nitrogens with zero attached hydrogens (tertiary/aromatic N) is 2. The Morgan fingerprint density at radius 2 is 1.47 bits per heavy atom. The normalized spacial score (nSPS) is 12.2. The summed E-state index contributed by atoms with van der Waals surface area (Å²) in [4.78, 5) is 26.2. The molecule has 3 aromatic rings. The van der Waals surface area contributed by atoms with Crippen molar-refractivity contribution in [1.29, 1.82) is 0 Å². The highest BCUT2D eigenvalue weighted by molar-refractivity contribution is 5.97. The summed E-state index contributed by atoms with van der Waals surface area (Å²) in [6, 6.07) is 26.9. The Bertz CT molecular complexity index is 1110. The second-order valence-corrected chi connectivity index (χ2v) is 7.44. The number of benzene rings is 3. The van der Waals surface area contributed by atoms with Gasteiger partial charge >= 0.3 is 12.1 Å². The molecule has 0 saturated carbocycles. The van der Waals surface area contributed by atoms with Crippen LogP contribution >= 0.6 is 0 Å². The van der Waals surface area contributed by atoms with Gasteiger partial charge in [0, 0.05) is 0 Å². The SMILES string of the molecule is CCOC(=O)C(c1ccccc1)N(/N=C(C)/C=C/c1ccccc1)C(=O)OCc1ccccc1. The topological polar surface area (TPSA) is 68.2 Å². The van der Waals surface area contributed by atoms with Crippen molar-refractivity contribution in [3.05, 3.63) is 114 Å². The summed E-state index contributed by atoms with van der Waals surface area (Å²) in [6.07, 6.45) is 2.91. The van der Waals surface area contributed by atoms with Crippen LogP contribution in [0.25, 0.3) is 6.08 Å².